The summed E-state index contributed by atoms with van der Waals surface area (Å²) in [6.07, 6.45) is 1.56. The number of carbonyl (C=O) groups excluding carboxylic acids is 1. The molecule has 2 heterocycles. The molecular formula is C10H7BrN2OS. The van der Waals surface area contributed by atoms with Gasteiger partial charge in [-0.1, -0.05) is 0 Å². The van der Waals surface area contributed by atoms with Gasteiger partial charge in [-0.25, -0.2) is 0 Å². The summed E-state index contributed by atoms with van der Waals surface area (Å²) in [5.74, 6) is -0.144. The van der Waals surface area contributed by atoms with E-state index in [-0.39, 0.29) is 5.78 Å². The van der Waals surface area contributed by atoms with Crippen LogP contribution in [0.2, 0.25) is 0 Å². The van der Waals surface area contributed by atoms with Crippen molar-refractivity contribution in [1.82, 2.24) is 4.98 Å². The molecule has 0 aliphatic rings. The maximum Gasteiger partial charge on any atom is 0.224 e. The molecule has 2 N–H and O–H groups in total. The topological polar surface area (TPSA) is 56.0 Å². The average Bonchev–Trinajstić information content (AvgIpc) is 2.64. The van der Waals surface area contributed by atoms with Crippen molar-refractivity contribution < 1.29 is 4.79 Å². The average molecular weight is 283 g/mol. The van der Waals surface area contributed by atoms with Gasteiger partial charge in [0, 0.05) is 10.7 Å². The summed E-state index contributed by atoms with van der Waals surface area (Å²) in [4.78, 5) is 16.6. The molecule has 0 spiro atoms. The van der Waals surface area contributed by atoms with E-state index in [1.54, 1.807) is 18.3 Å². The van der Waals surface area contributed by atoms with Crippen molar-refractivity contribution in [3.05, 3.63) is 44.8 Å². The molecule has 0 atom stereocenters. The van der Waals surface area contributed by atoms with Crippen LogP contribution in [-0.4, -0.2) is 10.8 Å². The highest BCUT2D eigenvalue weighted by Gasteiger charge is 2.17. The Balaban J connectivity index is 2.46. The number of nitrogen functional groups attached to an aromatic ring is 1. The van der Waals surface area contributed by atoms with Crippen LogP contribution in [0.1, 0.15) is 15.4 Å². The number of rotatable bonds is 2. The fraction of sp³-hybridized carbons (Fsp3) is 0. The highest BCUT2D eigenvalue weighted by atomic mass is 79.9. The lowest BCUT2D eigenvalue weighted by Gasteiger charge is -2.01. The van der Waals surface area contributed by atoms with Crippen LogP contribution in [0.4, 0.5) is 5.69 Å². The zero-order valence-electron chi connectivity index (χ0n) is 7.61. The molecule has 76 valence electrons. The number of nitrogens with two attached hydrogens (primary N) is 1. The van der Waals surface area contributed by atoms with E-state index in [1.165, 1.54) is 11.3 Å². The zero-order valence-corrected chi connectivity index (χ0v) is 10.0. The Morgan fingerprint density at radius 3 is 2.87 bits per heavy atom. The van der Waals surface area contributed by atoms with E-state index in [4.69, 9.17) is 5.73 Å². The number of hydrogen-bond acceptors (Lipinski definition) is 4. The van der Waals surface area contributed by atoms with Crippen LogP contribution >= 0.6 is 27.3 Å². The molecule has 3 nitrogen and oxygen atoms in total. The first kappa shape index (κ1) is 10.3. The van der Waals surface area contributed by atoms with Crippen LogP contribution in [0.15, 0.2) is 34.2 Å². The SMILES string of the molecule is Nc1cccnc1C(=O)c1sccc1Br. The van der Waals surface area contributed by atoms with Crippen molar-refractivity contribution in [1.29, 1.82) is 0 Å². The van der Waals surface area contributed by atoms with Crippen LogP contribution < -0.4 is 5.73 Å². The lowest BCUT2D eigenvalue weighted by atomic mass is 10.2. The monoisotopic (exact) mass is 282 g/mol. The molecule has 0 unspecified atom stereocenters. The van der Waals surface area contributed by atoms with Crippen LogP contribution in [0.25, 0.3) is 0 Å². The normalized spacial score (nSPS) is 10.2. The molecule has 15 heavy (non-hydrogen) atoms. The molecule has 5 heteroatoms. The number of nitrogens with zero attached hydrogens (tertiary/aromatic N) is 1. The summed E-state index contributed by atoms with van der Waals surface area (Å²) in [6.45, 7) is 0. The van der Waals surface area contributed by atoms with Gasteiger partial charge in [-0.05, 0) is 39.5 Å². The van der Waals surface area contributed by atoms with Crippen molar-refractivity contribution in [2.75, 3.05) is 5.73 Å². The Bertz CT molecular complexity index is 510. The Labute approximate surface area is 99.1 Å². The molecule has 0 aliphatic carbocycles. The molecule has 0 fully saturated rings. The minimum absolute atomic E-state index is 0.144. The summed E-state index contributed by atoms with van der Waals surface area (Å²) in [5, 5.41) is 1.84. The van der Waals surface area contributed by atoms with Crippen LogP contribution in [0, 0.1) is 0 Å². The van der Waals surface area contributed by atoms with Gasteiger partial charge < -0.3 is 5.73 Å². The first-order chi connectivity index (χ1) is 7.20. The van der Waals surface area contributed by atoms with Crippen molar-refractivity contribution in [2.45, 2.75) is 0 Å². The van der Waals surface area contributed by atoms with Gasteiger partial charge in [0.2, 0.25) is 5.78 Å². The van der Waals surface area contributed by atoms with Crippen LogP contribution in [0.5, 0.6) is 0 Å². The Hall–Kier alpha value is -1.20. The third-order valence-corrected chi connectivity index (χ3v) is 3.71. The smallest absolute Gasteiger partial charge is 0.224 e. The van der Waals surface area contributed by atoms with Gasteiger partial charge in [0.05, 0.1) is 10.6 Å². The number of halogens is 1. The summed E-state index contributed by atoms with van der Waals surface area (Å²) in [6, 6.07) is 5.20. The number of ketones is 1. The minimum Gasteiger partial charge on any atom is -0.397 e. The van der Waals surface area contributed by atoms with Gasteiger partial charge >= 0.3 is 0 Å². The molecular weight excluding hydrogens is 276 g/mol. The van der Waals surface area contributed by atoms with Gasteiger partial charge in [0.25, 0.3) is 0 Å². The standard InChI is InChI=1S/C10H7BrN2OS/c11-6-3-5-15-10(6)9(14)8-7(12)2-1-4-13-8/h1-5H,12H2. The quantitative estimate of drug-likeness (QED) is 0.862. The van der Waals surface area contributed by atoms with Crippen molar-refractivity contribution in [3.63, 3.8) is 0 Å². The van der Waals surface area contributed by atoms with Crippen LogP contribution in [0.3, 0.4) is 0 Å². The minimum atomic E-state index is -0.144. The third-order valence-electron chi connectivity index (χ3n) is 1.88. The van der Waals surface area contributed by atoms with Crippen LogP contribution in [-0.2, 0) is 0 Å². The first-order valence-electron chi connectivity index (χ1n) is 4.18. The Morgan fingerprint density at radius 2 is 2.27 bits per heavy atom. The number of anilines is 1. The molecule has 0 radical (unpaired) electrons. The number of aromatic nitrogens is 1. The van der Waals surface area contributed by atoms with E-state index in [0.717, 1.165) is 4.47 Å². The fourth-order valence-electron chi connectivity index (χ4n) is 1.17. The second-order valence-electron chi connectivity index (χ2n) is 2.87. The van der Waals surface area contributed by atoms with Crippen molar-refractivity contribution in [3.8, 4) is 0 Å². The largest absolute Gasteiger partial charge is 0.397 e. The third kappa shape index (κ3) is 1.93. The van der Waals surface area contributed by atoms with E-state index < -0.39 is 0 Å². The molecule has 0 aromatic carbocycles. The Morgan fingerprint density at radius 1 is 1.47 bits per heavy atom. The van der Waals surface area contributed by atoms with Gasteiger partial charge in [0.1, 0.15) is 5.69 Å². The lowest BCUT2D eigenvalue weighted by molar-refractivity contribution is 0.103. The van der Waals surface area contributed by atoms with Gasteiger partial charge in [0.15, 0.2) is 0 Å². The van der Waals surface area contributed by atoms with Gasteiger partial charge in [-0.15, -0.1) is 11.3 Å². The van der Waals surface area contributed by atoms with Gasteiger partial charge in [-0.3, -0.25) is 9.78 Å². The number of thiophene rings is 1. The molecule has 2 rings (SSSR count). The van der Waals surface area contributed by atoms with Gasteiger partial charge in [-0.2, -0.15) is 0 Å². The van der Waals surface area contributed by atoms with E-state index >= 15 is 0 Å². The van der Waals surface area contributed by atoms with E-state index in [2.05, 4.69) is 20.9 Å². The fourth-order valence-corrected chi connectivity index (χ4v) is 2.66. The zero-order chi connectivity index (χ0) is 10.8. The van der Waals surface area contributed by atoms with E-state index in [1.807, 2.05) is 11.4 Å². The molecule has 2 aromatic rings. The predicted octanol–water partition coefficient (Wildman–Crippen LogP) is 2.72. The first-order valence-corrected chi connectivity index (χ1v) is 5.85. The lowest BCUT2D eigenvalue weighted by Crippen LogP contribution is -2.06. The highest BCUT2D eigenvalue weighted by molar-refractivity contribution is 9.10. The van der Waals surface area contributed by atoms with Crippen molar-refractivity contribution >= 4 is 38.7 Å². The summed E-state index contributed by atoms with van der Waals surface area (Å²) in [5.41, 5.74) is 6.40. The molecule has 0 saturated carbocycles. The molecule has 0 bridgehead atoms. The maximum absolute atomic E-state index is 12.0. The number of hydrogen-bond donors (Lipinski definition) is 1. The van der Waals surface area contributed by atoms with E-state index in [9.17, 15) is 4.79 Å². The summed E-state index contributed by atoms with van der Waals surface area (Å²) < 4.78 is 0.780. The molecule has 2 aromatic heterocycles. The van der Waals surface area contributed by atoms with E-state index in [0.29, 0.717) is 16.3 Å². The molecule has 0 amide bonds. The maximum atomic E-state index is 12.0. The second-order valence-corrected chi connectivity index (χ2v) is 4.64. The summed E-state index contributed by atoms with van der Waals surface area (Å²) in [7, 11) is 0. The van der Waals surface area contributed by atoms with Crippen molar-refractivity contribution in [2.24, 2.45) is 0 Å². The summed E-state index contributed by atoms with van der Waals surface area (Å²) >= 11 is 4.68. The predicted molar refractivity (Wildman–Crippen MR) is 64.1 cm³/mol. The molecule has 0 saturated heterocycles. The highest BCUT2D eigenvalue weighted by Crippen LogP contribution is 2.26. The number of carbonyl (C=O) groups is 1. The number of pyridine rings is 1. The molecule has 0 aliphatic heterocycles. The Kier molecular flexibility index (Phi) is 2.83. The second kappa shape index (κ2) is 4.12.